The predicted molar refractivity (Wildman–Crippen MR) is 95.0 cm³/mol. The van der Waals surface area contributed by atoms with Gasteiger partial charge in [0.1, 0.15) is 0 Å². The van der Waals surface area contributed by atoms with Crippen LogP contribution in [-0.2, 0) is 0 Å². The molecule has 1 saturated carbocycles. The number of hydrogen-bond acceptors (Lipinski definition) is 3. The Balaban J connectivity index is 1.84. The minimum Gasteiger partial charge on any atom is -0.380 e. The van der Waals surface area contributed by atoms with E-state index in [0.29, 0.717) is 17.5 Å². The quantitative estimate of drug-likeness (QED) is 0.757. The summed E-state index contributed by atoms with van der Waals surface area (Å²) in [5, 5.41) is 7.85. The van der Waals surface area contributed by atoms with Crippen LogP contribution in [0, 0.1) is 5.92 Å². The zero-order valence-electron chi connectivity index (χ0n) is 13.6. The number of nitrogens with one attached hydrogen (secondary N) is 1. The van der Waals surface area contributed by atoms with Crippen molar-refractivity contribution in [3.05, 3.63) is 54.4 Å². The standard InChI is InChI=1S/C19H20N4O/c1-12(13-7-8-13)22-18-16(19(20)24)10-21-23-11-15(9-17(18)23)14-5-3-2-4-6-14/h2-6,9-13,22H,7-8H2,1H3,(H2,20,24)/t12-/m1/s1. The van der Waals surface area contributed by atoms with E-state index in [-0.39, 0.29) is 0 Å². The monoisotopic (exact) mass is 320 g/mol. The van der Waals surface area contributed by atoms with Gasteiger partial charge in [-0.25, -0.2) is 4.52 Å². The number of rotatable bonds is 5. The van der Waals surface area contributed by atoms with Crippen LogP contribution in [0.1, 0.15) is 30.1 Å². The Morgan fingerprint density at radius 2 is 2.04 bits per heavy atom. The minimum atomic E-state index is -0.460. The van der Waals surface area contributed by atoms with Crippen LogP contribution < -0.4 is 11.1 Å². The van der Waals surface area contributed by atoms with Gasteiger partial charge in [-0.2, -0.15) is 5.10 Å². The fraction of sp³-hybridized carbons (Fsp3) is 0.263. The van der Waals surface area contributed by atoms with E-state index in [9.17, 15) is 4.79 Å². The number of aromatic nitrogens is 2. The lowest BCUT2D eigenvalue weighted by molar-refractivity contribution is 0.100. The topological polar surface area (TPSA) is 72.4 Å². The molecule has 1 amide bonds. The molecule has 1 atom stereocenters. The smallest absolute Gasteiger partial charge is 0.252 e. The number of nitrogens with zero attached hydrogens (tertiary/aromatic N) is 2. The Morgan fingerprint density at radius 1 is 1.29 bits per heavy atom. The molecule has 3 aromatic rings. The van der Waals surface area contributed by atoms with Gasteiger partial charge in [0.25, 0.3) is 5.91 Å². The lowest BCUT2D eigenvalue weighted by Crippen LogP contribution is -2.22. The third kappa shape index (κ3) is 2.62. The second-order valence-corrected chi connectivity index (χ2v) is 6.49. The highest BCUT2D eigenvalue weighted by Crippen LogP contribution is 2.36. The maximum absolute atomic E-state index is 11.8. The van der Waals surface area contributed by atoms with Crippen LogP contribution in [0.4, 0.5) is 5.69 Å². The van der Waals surface area contributed by atoms with Crippen molar-refractivity contribution in [1.29, 1.82) is 0 Å². The Kier molecular flexibility index (Phi) is 3.49. The highest BCUT2D eigenvalue weighted by molar-refractivity contribution is 6.02. The molecule has 1 fully saturated rings. The zero-order chi connectivity index (χ0) is 16.7. The summed E-state index contributed by atoms with van der Waals surface area (Å²) in [4.78, 5) is 11.8. The molecule has 24 heavy (non-hydrogen) atoms. The van der Waals surface area contributed by atoms with Crippen molar-refractivity contribution in [1.82, 2.24) is 9.61 Å². The van der Waals surface area contributed by atoms with Gasteiger partial charge in [0.2, 0.25) is 0 Å². The largest absolute Gasteiger partial charge is 0.380 e. The molecular formula is C19H20N4O. The van der Waals surface area contributed by atoms with E-state index in [1.165, 1.54) is 12.8 Å². The first kappa shape index (κ1) is 14.8. The molecule has 1 aliphatic rings. The predicted octanol–water partition coefficient (Wildman–Crippen LogP) is 3.31. The lowest BCUT2D eigenvalue weighted by Gasteiger charge is -2.17. The Hall–Kier alpha value is -2.82. The number of hydrogen-bond donors (Lipinski definition) is 2. The van der Waals surface area contributed by atoms with Crippen LogP contribution in [0.15, 0.2) is 48.8 Å². The van der Waals surface area contributed by atoms with Crippen LogP contribution in [0.2, 0.25) is 0 Å². The summed E-state index contributed by atoms with van der Waals surface area (Å²) in [5.41, 5.74) is 9.83. The third-order valence-electron chi connectivity index (χ3n) is 4.71. The number of carbonyl (C=O) groups is 1. The van der Waals surface area contributed by atoms with Crippen molar-refractivity contribution >= 4 is 17.1 Å². The third-order valence-corrected chi connectivity index (χ3v) is 4.71. The van der Waals surface area contributed by atoms with E-state index < -0.39 is 5.91 Å². The van der Waals surface area contributed by atoms with Gasteiger partial charge in [-0.1, -0.05) is 30.3 Å². The van der Waals surface area contributed by atoms with Gasteiger partial charge in [0.05, 0.1) is 23.0 Å². The Morgan fingerprint density at radius 3 is 2.71 bits per heavy atom. The number of benzene rings is 1. The first-order valence-electron chi connectivity index (χ1n) is 8.26. The summed E-state index contributed by atoms with van der Waals surface area (Å²) in [6, 6.07) is 12.5. The van der Waals surface area contributed by atoms with Gasteiger partial charge in [-0.05, 0) is 37.3 Å². The van der Waals surface area contributed by atoms with Crippen molar-refractivity contribution in [2.75, 3.05) is 5.32 Å². The molecule has 0 radical (unpaired) electrons. The number of carbonyl (C=O) groups excluding carboxylic acids is 1. The van der Waals surface area contributed by atoms with Crippen LogP contribution in [-0.4, -0.2) is 21.6 Å². The fourth-order valence-electron chi connectivity index (χ4n) is 3.13. The average molecular weight is 320 g/mol. The Bertz CT molecular complexity index is 896. The molecule has 2 aromatic heterocycles. The first-order chi connectivity index (χ1) is 11.6. The molecule has 1 aliphatic carbocycles. The van der Waals surface area contributed by atoms with E-state index in [4.69, 9.17) is 5.73 Å². The fourth-order valence-corrected chi connectivity index (χ4v) is 3.13. The van der Waals surface area contributed by atoms with E-state index in [1.54, 1.807) is 10.7 Å². The second kappa shape index (κ2) is 5.67. The molecule has 0 unspecified atom stereocenters. The van der Waals surface area contributed by atoms with E-state index in [1.807, 2.05) is 24.4 Å². The SMILES string of the molecule is C[C@@H](Nc1c(C(N)=O)cnn2cc(-c3ccccc3)cc12)C1CC1. The molecule has 0 bridgehead atoms. The molecular weight excluding hydrogens is 300 g/mol. The Labute approximate surface area is 140 Å². The molecule has 5 nitrogen and oxygen atoms in total. The van der Waals surface area contributed by atoms with Crippen LogP contribution in [0.5, 0.6) is 0 Å². The molecule has 3 N–H and O–H groups in total. The molecule has 0 saturated heterocycles. The van der Waals surface area contributed by atoms with E-state index in [2.05, 4.69) is 35.5 Å². The summed E-state index contributed by atoms with van der Waals surface area (Å²) < 4.78 is 1.80. The zero-order valence-corrected chi connectivity index (χ0v) is 13.6. The lowest BCUT2D eigenvalue weighted by atomic mass is 10.1. The van der Waals surface area contributed by atoms with Gasteiger partial charge < -0.3 is 11.1 Å². The van der Waals surface area contributed by atoms with Gasteiger partial charge >= 0.3 is 0 Å². The highest BCUT2D eigenvalue weighted by Gasteiger charge is 2.29. The van der Waals surface area contributed by atoms with E-state index >= 15 is 0 Å². The van der Waals surface area contributed by atoms with Crippen molar-refractivity contribution in [2.45, 2.75) is 25.8 Å². The summed E-state index contributed by atoms with van der Waals surface area (Å²) in [6.45, 7) is 2.15. The molecule has 0 spiro atoms. The molecule has 122 valence electrons. The maximum Gasteiger partial charge on any atom is 0.252 e. The molecule has 5 heteroatoms. The first-order valence-corrected chi connectivity index (χ1v) is 8.26. The number of nitrogens with two attached hydrogens (primary N) is 1. The summed E-state index contributed by atoms with van der Waals surface area (Å²) >= 11 is 0. The average Bonchev–Trinajstić information content (AvgIpc) is 3.34. The van der Waals surface area contributed by atoms with Crippen molar-refractivity contribution < 1.29 is 4.79 Å². The van der Waals surface area contributed by atoms with Crippen LogP contribution in [0.3, 0.4) is 0 Å². The van der Waals surface area contributed by atoms with Crippen molar-refractivity contribution in [2.24, 2.45) is 11.7 Å². The number of fused-ring (bicyclic) bond motifs is 1. The molecule has 1 aromatic carbocycles. The van der Waals surface area contributed by atoms with Gasteiger partial charge in [0, 0.05) is 17.8 Å². The molecule has 0 aliphatic heterocycles. The van der Waals surface area contributed by atoms with Gasteiger partial charge in [-0.3, -0.25) is 4.79 Å². The highest BCUT2D eigenvalue weighted by atomic mass is 16.1. The molecule has 2 heterocycles. The maximum atomic E-state index is 11.8. The second-order valence-electron chi connectivity index (χ2n) is 6.49. The molecule has 4 rings (SSSR count). The van der Waals surface area contributed by atoms with Gasteiger partial charge in [-0.15, -0.1) is 0 Å². The normalized spacial score (nSPS) is 15.4. The minimum absolute atomic E-state index is 0.310. The summed E-state index contributed by atoms with van der Waals surface area (Å²) in [5.74, 6) is 0.209. The number of anilines is 1. The number of primary amides is 1. The number of amides is 1. The van der Waals surface area contributed by atoms with E-state index in [0.717, 1.165) is 22.3 Å². The van der Waals surface area contributed by atoms with Gasteiger partial charge in [0.15, 0.2) is 0 Å². The van der Waals surface area contributed by atoms with Crippen LogP contribution in [0.25, 0.3) is 16.6 Å². The van der Waals surface area contributed by atoms with Crippen molar-refractivity contribution in [3.8, 4) is 11.1 Å². The van der Waals surface area contributed by atoms with Crippen molar-refractivity contribution in [3.63, 3.8) is 0 Å². The van der Waals surface area contributed by atoms with Crippen LogP contribution >= 0.6 is 0 Å². The summed E-state index contributed by atoms with van der Waals surface area (Å²) in [7, 11) is 0. The summed E-state index contributed by atoms with van der Waals surface area (Å²) in [6.07, 6.45) is 5.99.